The van der Waals surface area contributed by atoms with E-state index < -0.39 is 6.36 Å². The van der Waals surface area contributed by atoms with Crippen LogP contribution in [0, 0.1) is 5.92 Å². The quantitative estimate of drug-likeness (QED) is 0.525. The summed E-state index contributed by atoms with van der Waals surface area (Å²) in [5.41, 5.74) is 3.71. The number of alkyl halides is 3. The molecule has 146 valence electrons. The molecule has 3 rings (SSSR count). The lowest BCUT2D eigenvalue weighted by Crippen LogP contribution is -2.17. The van der Waals surface area contributed by atoms with Gasteiger partial charge >= 0.3 is 6.36 Å². The molecular formula is C23H27F3O. The summed E-state index contributed by atoms with van der Waals surface area (Å²) in [5, 5.41) is 0. The fourth-order valence-corrected chi connectivity index (χ4v) is 4.01. The fraction of sp³-hybridized carbons (Fsp3) is 0.478. The van der Waals surface area contributed by atoms with Gasteiger partial charge in [-0.2, -0.15) is 0 Å². The lowest BCUT2D eigenvalue weighted by molar-refractivity contribution is -0.274. The number of halogens is 3. The summed E-state index contributed by atoms with van der Waals surface area (Å²) < 4.78 is 40.5. The molecule has 4 heteroatoms. The maximum Gasteiger partial charge on any atom is 0.573 e. The van der Waals surface area contributed by atoms with Crippen LogP contribution in [0.3, 0.4) is 0 Å². The minimum absolute atomic E-state index is 0.173. The SMILES string of the molecule is CCC1CCC(c2ccc(CCc3ccc(OC(F)(F)F)cc3)cc2)CC1. The zero-order chi connectivity index (χ0) is 19.3. The van der Waals surface area contributed by atoms with Crippen LogP contribution in [0.2, 0.25) is 0 Å². The van der Waals surface area contributed by atoms with Crippen LogP contribution >= 0.6 is 0 Å². The molecule has 27 heavy (non-hydrogen) atoms. The van der Waals surface area contributed by atoms with Crippen molar-refractivity contribution < 1.29 is 17.9 Å². The van der Waals surface area contributed by atoms with Gasteiger partial charge in [-0.25, -0.2) is 0 Å². The maximum atomic E-state index is 12.2. The highest BCUT2D eigenvalue weighted by Crippen LogP contribution is 2.37. The lowest BCUT2D eigenvalue weighted by Gasteiger charge is -2.28. The van der Waals surface area contributed by atoms with E-state index in [1.807, 2.05) is 0 Å². The molecule has 0 bridgehead atoms. The molecule has 0 spiro atoms. The van der Waals surface area contributed by atoms with Crippen molar-refractivity contribution >= 4 is 0 Å². The molecule has 0 saturated heterocycles. The molecule has 0 N–H and O–H groups in total. The molecular weight excluding hydrogens is 349 g/mol. The van der Waals surface area contributed by atoms with Crippen LogP contribution in [0.1, 0.15) is 61.6 Å². The number of hydrogen-bond donors (Lipinski definition) is 0. The Morgan fingerprint density at radius 1 is 0.815 bits per heavy atom. The summed E-state index contributed by atoms with van der Waals surface area (Å²) in [6.45, 7) is 2.29. The molecule has 0 aliphatic heterocycles. The summed E-state index contributed by atoms with van der Waals surface area (Å²) in [5.74, 6) is 1.44. The lowest BCUT2D eigenvalue weighted by atomic mass is 9.78. The standard InChI is InChI=1S/C23H27F3O/c1-2-17-5-11-20(12-6-17)21-13-7-18(8-14-21)3-4-19-9-15-22(16-10-19)27-23(24,25)26/h7-10,13-17,20H,2-6,11-12H2,1H3. The Balaban J connectivity index is 1.50. The van der Waals surface area contributed by atoms with Gasteiger partial charge in [0.05, 0.1) is 0 Å². The molecule has 1 nitrogen and oxygen atoms in total. The van der Waals surface area contributed by atoms with E-state index in [4.69, 9.17) is 0 Å². The zero-order valence-corrected chi connectivity index (χ0v) is 15.8. The van der Waals surface area contributed by atoms with Crippen molar-refractivity contribution in [3.05, 3.63) is 65.2 Å². The highest BCUT2D eigenvalue weighted by molar-refractivity contribution is 5.30. The van der Waals surface area contributed by atoms with E-state index in [0.29, 0.717) is 5.92 Å². The molecule has 2 aromatic carbocycles. The smallest absolute Gasteiger partial charge is 0.406 e. The van der Waals surface area contributed by atoms with Gasteiger partial charge < -0.3 is 4.74 Å². The Kier molecular flexibility index (Phi) is 6.46. The third-order valence-electron chi connectivity index (χ3n) is 5.73. The van der Waals surface area contributed by atoms with Crippen molar-refractivity contribution in [1.29, 1.82) is 0 Å². The van der Waals surface area contributed by atoms with Crippen molar-refractivity contribution in [3.8, 4) is 5.75 Å². The third-order valence-corrected chi connectivity index (χ3v) is 5.73. The van der Waals surface area contributed by atoms with Gasteiger partial charge in [0.1, 0.15) is 5.75 Å². The van der Waals surface area contributed by atoms with Crippen molar-refractivity contribution in [1.82, 2.24) is 0 Å². The van der Waals surface area contributed by atoms with E-state index in [0.717, 1.165) is 24.3 Å². The van der Waals surface area contributed by atoms with Gasteiger partial charge in [0.25, 0.3) is 0 Å². The van der Waals surface area contributed by atoms with Crippen molar-refractivity contribution in [3.63, 3.8) is 0 Å². The first-order valence-electron chi connectivity index (χ1n) is 9.86. The second-order valence-corrected chi connectivity index (χ2v) is 7.56. The van der Waals surface area contributed by atoms with E-state index in [2.05, 4.69) is 35.9 Å². The Labute approximate surface area is 159 Å². The monoisotopic (exact) mass is 376 g/mol. The number of ether oxygens (including phenoxy) is 1. The largest absolute Gasteiger partial charge is 0.573 e. The Morgan fingerprint density at radius 2 is 1.33 bits per heavy atom. The minimum Gasteiger partial charge on any atom is -0.406 e. The normalized spacial score (nSPS) is 20.4. The highest BCUT2D eigenvalue weighted by atomic mass is 19.4. The number of aryl methyl sites for hydroxylation is 2. The number of benzene rings is 2. The molecule has 0 radical (unpaired) electrons. The molecule has 0 unspecified atom stereocenters. The zero-order valence-electron chi connectivity index (χ0n) is 15.8. The van der Waals surface area contributed by atoms with Crippen molar-refractivity contribution in [2.75, 3.05) is 0 Å². The van der Waals surface area contributed by atoms with E-state index in [9.17, 15) is 13.2 Å². The molecule has 1 saturated carbocycles. The van der Waals surface area contributed by atoms with Gasteiger partial charge in [0, 0.05) is 0 Å². The van der Waals surface area contributed by atoms with Crippen molar-refractivity contribution in [2.45, 2.75) is 64.1 Å². The molecule has 0 heterocycles. The average molecular weight is 376 g/mol. The van der Waals surface area contributed by atoms with Crippen LogP contribution in [0.5, 0.6) is 5.75 Å². The summed E-state index contributed by atoms with van der Waals surface area (Å²) >= 11 is 0. The summed E-state index contributed by atoms with van der Waals surface area (Å²) in [7, 11) is 0. The van der Waals surface area contributed by atoms with Gasteiger partial charge in [0.2, 0.25) is 0 Å². The number of rotatable bonds is 6. The van der Waals surface area contributed by atoms with Gasteiger partial charge in [-0.05, 0) is 79.2 Å². The Hall–Kier alpha value is -1.97. The molecule has 0 amide bonds. The average Bonchev–Trinajstić information content (AvgIpc) is 2.67. The van der Waals surface area contributed by atoms with Crippen LogP contribution in [0.4, 0.5) is 13.2 Å². The molecule has 1 aliphatic carbocycles. The predicted molar refractivity (Wildman–Crippen MR) is 102 cm³/mol. The van der Waals surface area contributed by atoms with Crippen LogP contribution in [0.25, 0.3) is 0 Å². The van der Waals surface area contributed by atoms with Gasteiger partial charge in [-0.15, -0.1) is 13.2 Å². The van der Waals surface area contributed by atoms with Gasteiger partial charge in [-0.1, -0.05) is 49.7 Å². The van der Waals surface area contributed by atoms with Crippen LogP contribution < -0.4 is 4.74 Å². The van der Waals surface area contributed by atoms with Crippen LogP contribution in [0.15, 0.2) is 48.5 Å². The molecule has 2 aromatic rings. The topological polar surface area (TPSA) is 9.23 Å². The second-order valence-electron chi connectivity index (χ2n) is 7.56. The van der Waals surface area contributed by atoms with E-state index >= 15 is 0 Å². The fourth-order valence-electron chi connectivity index (χ4n) is 4.01. The van der Waals surface area contributed by atoms with Crippen molar-refractivity contribution in [2.24, 2.45) is 5.92 Å². The van der Waals surface area contributed by atoms with Gasteiger partial charge in [0.15, 0.2) is 0 Å². The summed E-state index contributed by atoms with van der Waals surface area (Å²) in [6, 6.07) is 15.0. The van der Waals surface area contributed by atoms with Crippen LogP contribution in [-0.4, -0.2) is 6.36 Å². The second kappa shape index (κ2) is 8.81. The first kappa shape index (κ1) is 19.8. The van der Waals surface area contributed by atoms with Crippen LogP contribution in [-0.2, 0) is 12.8 Å². The predicted octanol–water partition coefficient (Wildman–Crippen LogP) is 7.05. The highest BCUT2D eigenvalue weighted by Gasteiger charge is 2.30. The third kappa shape index (κ3) is 6.02. The number of hydrogen-bond acceptors (Lipinski definition) is 1. The molecule has 1 aliphatic rings. The first-order valence-corrected chi connectivity index (χ1v) is 9.86. The molecule has 0 aromatic heterocycles. The van der Waals surface area contributed by atoms with E-state index in [1.54, 1.807) is 12.1 Å². The Morgan fingerprint density at radius 3 is 1.81 bits per heavy atom. The Bertz CT molecular complexity index is 696. The molecule has 1 fully saturated rings. The van der Waals surface area contributed by atoms with Gasteiger partial charge in [-0.3, -0.25) is 0 Å². The maximum absolute atomic E-state index is 12.2. The summed E-state index contributed by atoms with van der Waals surface area (Å²) in [6.07, 6.45) is 3.62. The first-order chi connectivity index (χ1) is 12.9. The molecule has 0 atom stereocenters. The van der Waals surface area contributed by atoms with E-state index in [1.165, 1.54) is 55.4 Å². The minimum atomic E-state index is -4.64. The summed E-state index contributed by atoms with van der Waals surface area (Å²) in [4.78, 5) is 0. The van der Waals surface area contributed by atoms with E-state index in [-0.39, 0.29) is 5.75 Å².